The van der Waals surface area contributed by atoms with E-state index in [1.54, 1.807) is 0 Å². The minimum Gasteiger partial charge on any atom is -0.467 e. The number of esters is 1. The molecule has 0 aliphatic rings. The summed E-state index contributed by atoms with van der Waals surface area (Å²) in [5.74, 6) is -0.436. The highest BCUT2D eigenvalue weighted by Gasteiger charge is 2.22. The average molecular weight is 328 g/mol. The van der Waals surface area contributed by atoms with Crippen molar-refractivity contribution in [1.82, 2.24) is 9.55 Å². The Morgan fingerprint density at radius 3 is 2.74 bits per heavy atom. The normalized spacial score (nSPS) is 12.3. The third-order valence-corrected chi connectivity index (χ3v) is 4.82. The molecule has 0 amide bonds. The van der Waals surface area contributed by atoms with Gasteiger partial charge in [0.2, 0.25) is 0 Å². The summed E-state index contributed by atoms with van der Waals surface area (Å²) in [5, 5.41) is 0.527. The monoisotopic (exact) mass is 328 g/mol. The van der Waals surface area contributed by atoms with Gasteiger partial charge in [0.1, 0.15) is 10.9 Å². The molecule has 3 rings (SSSR count). The Labute approximate surface area is 137 Å². The molecule has 0 aliphatic carbocycles. The summed E-state index contributed by atoms with van der Waals surface area (Å²) in [6.07, 6.45) is 1.90. The number of thiophene rings is 1. The molecule has 0 spiro atoms. The van der Waals surface area contributed by atoms with Gasteiger partial charge in [-0.05, 0) is 18.1 Å². The molecule has 0 N–H and O–H groups in total. The van der Waals surface area contributed by atoms with Gasteiger partial charge in [-0.25, -0.2) is 9.78 Å². The fourth-order valence-electron chi connectivity index (χ4n) is 2.52. The van der Waals surface area contributed by atoms with Crippen molar-refractivity contribution in [3.8, 4) is 10.4 Å². The molecule has 0 saturated carbocycles. The van der Waals surface area contributed by atoms with Gasteiger partial charge in [-0.1, -0.05) is 37.3 Å². The zero-order chi connectivity index (χ0) is 16.4. The van der Waals surface area contributed by atoms with Gasteiger partial charge in [0.15, 0.2) is 0 Å². The zero-order valence-electron chi connectivity index (χ0n) is 12.9. The van der Waals surface area contributed by atoms with E-state index in [-0.39, 0.29) is 5.56 Å². The summed E-state index contributed by atoms with van der Waals surface area (Å²) >= 11 is 1.47. The van der Waals surface area contributed by atoms with E-state index in [1.807, 2.05) is 43.3 Å². The van der Waals surface area contributed by atoms with Crippen LogP contribution in [-0.2, 0) is 9.53 Å². The lowest BCUT2D eigenvalue weighted by Gasteiger charge is -2.14. The lowest BCUT2D eigenvalue weighted by atomic mass is 10.2. The van der Waals surface area contributed by atoms with Gasteiger partial charge in [0.05, 0.1) is 18.8 Å². The molecule has 3 aromatic rings. The Balaban J connectivity index is 2.13. The van der Waals surface area contributed by atoms with Crippen LogP contribution in [0.15, 0.2) is 47.5 Å². The molecule has 118 valence electrons. The van der Waals surface area contributed by atoms with Gasteiger partial charge in [-0.3, -0.25) is 9.36 Å². The van der Waals surface area contributed by atoms with Crippen molar-refractivity contribution in [2.75, 3.05) is 7.11 Å². The summed E-state index contributed by atoms with van der Waals surface area (Å²) in [5.41, 5.74) is 0.826. The Morgan fingerprint density at radius 1 is 1.35 bits per heavy atom. The molecule has 5 nitrogen and oxygen atoms in total. The first-order valence-corrected chi connectivity index (χ1v) is 8.11. The van der Waals surface area contributed by atoms with E-state index in [9.17, 15) is 9.59 Å². The van der Waals surface area contributed by atoms with Crippen LogP contribution in [0, 0.1) is 0 Å². The van der Waals surface area contributed by atoms with Gasteiger partial charge >= 0.3 is 5.97 Å². The highest BCUT2D eigenvalue weighted by Crippen LogP contribution is 2.30. The summed E-state index contributed by atoms with van der Waals surface area (Å²) in [4.78, 5) is 30.6. The zero-order valence-corrected chi connectivity index (χ0v) is 13.7. The van der Waals surface area contributed by atoms with Crippen LogP contribution in [0.5, 0.6) is 0 Å². The molecule has 0 saturated heterocycles. The molecule has 0 radical (unpaired) electrons. The Kier molecular flexibility index (Phi) is 4.25. The van der Waals surface area contributed by atoms with Gasteiger partial charge in [-0.15, -0.1) is 11.3 Å². The molecule has 23 heavy (non-hydrogen) atoms. The summed E-state index contributed by atoms with van der Waals surface area (Å²) in [6.45, 7) is 1.83. The highest BCUT2D eigenvalue weighted by atomic mass is 32.1. The minimum absolute atomic E-state index is 0.217. The third kappa shape index (κ3) is 2.77. The largest absolute Gasteiger partial charge is 0.467 e. The number of aromatic nitrogens is 2. The van der Waals surface area contributed by atoms with Crippen LogP contribution in [0.1, 0.15) is 19.4 Å². The third-order valence-electron chi connectivity index (χ3n) is 3.73. The van der Waals surface area contributed by atoms with E-state index in [1.165, 1.54) is 29.3 Å². The molecule has 0 unspecified atom stereocenters. The van der Waals surface area contributed by atoms with Crippen molar-refractivity contribution in [3.63, 3.8) is 0 Å². The number of fused-ring (bicyclic) bond motifs is 1. The molecule has 1 aromatic carbocycles. The smallest absolute Gasteiger partial charge is 0.329 e. The van der Waals surface area contributed by atoms with E-state index in [0.717, 1.165) is 10.4 Å². The first kappa shape index (κ1) is 15.4. The molecule has 2 heterocycles. The maximum Gasteiger partial charge on any atom is 0.329 e. The number of ether oxygens (including phenoxy) is 1. The first-order valence-electron chi connectivity index (χ1n) is 7.29. The summed E-state index contributed by atoms with van der Waals surface area (Å²) < 4.78 is 6.13. The molecule has 2 aromatic heterocycles. The second kappa shape index (κ2) is 6.34. The average Bonchev–Trinajstić information content (AvgIpc) is 3.03. The SMILES string of the molecule is CC[C@@H](C(=O)OC)n1cnc2sc(-c3ccccc3)cc2c1=O. The van der Waals surface area contributed by atoms with Crippen LogP contribution in [0.3, 0.4) is 0 Å². The summed E-state index contributed by atoms with van der Waals surface area (Å²) in [7, 11) is 1.32. The molecule has 0 bridgehead atoms. The number of hydrogen-bond donors (Lipinski definition) is 0. The molecule has 1 atom stereocenters. The van der Waals surface area contributed by atoms with Crippen LogP contribution in [-0.4, -0.2) is 22.6 Å². The number of nitrogens with zero attached hydrogens (tertiary/aromatic N) is 2. The fraction of sp³-hybridized carbons (Fsp3) is 0.235. The van der Waals surface area contributed by atoms with Crippen molar-refractivity contribution in [3.05, 3.63) is 53.1 Å². The number of hydrogen-bond acceptors (Lipinski definition) is 5. The number of carbonyl (C=O) groups is 1. The lowest BCUT2D eigenvalue weighted by molar-refractivity contribution is -0.144. The highest BCUT2D eigenvalue weighted by molar-refractivity contribution is 7.21. The second-order valence-corrected chi connectivity index (χ2v) is 6.13. The van der Waals surface area contributed by atoms with E-state index in [4.69, 9.17) is 4.74 Å². The Hall–Kier alpha value is -2.47. The fourth-order valence-corrected chi connectivity index (χ4v) is 3.51. The predicted molar refractivity (Wildman–Crippen MR) is 90.7 cm³/mol. The van der Waals surface area contributed by atoms with Gasteiger partial charge in [-0.2, -0.15) is 0 Å². The Morgan fingerprint density at radius 2 is 2.09 bits per heavy atom. The number of carbonyl (C=O) groups excluding carboxylic acids is 1. The van der Waals surface area contributed by atoms with Crippen molar-refractivity contribution in [2.24, 2.45) is 0 Å². The van der Waals surface area contributed by atoms with Crippen LogP contribution < -0.4 is 5.56 Å². The Bertz CT molecular complexity index is 899. The van der Waals surface area contributed by atoms with Crippen LogP contribution in [0.25, 0.3) is 20.7 Å². The van der Waals surface area contributed by atoms with Gasteiger partial charge in [0.25, 0.3) is 5.56 Å². The topological polar surface area (TPSA) is 61.2 Å². The van der Waals surface area contributed by atoms with Gasteiger partial charge < -0.3 is 4.74 Å². The molecular formula is C17H16N2O3S. The molecule has 0 aliphatic heterocycles. The van der Waals surface area contributed by atoms with Crippen molar-refractivity contribution < 1.29 is 9.53 Å². The van der Waals surface area contributed by atoms with E-state index in [0.29, 0.717) is 16.6 Å². The minimum atomic E-state index is -0.649. The van der Waals surface area contributed by atoms with E-state index < -0.39 is 12.0 Å². The van der Waals surface area contributed by atoms with Gasteiger partial charge in [0, 0.05) is 4.88 Å². The second-order valence-electron chi connectivity index (χ2n) is 5.10. The van der Waals surface area contributed by atoms with Crippen molar-refractivity contribution in [1.29, 1.82) is 0 Å². The maximum atomic E-state index is 12.7. The van der Waals surface area contributed by atoms with Crippen LogP contribution in [0.4, 0.5) is 0 Å². The maximum absolute atomic E-state index is 12.7. The van der Waals surface area contributed by atoms with E-state index >= 15 is 0 Å². The molecule has 6 heteroatoms. The predicted octanol–water partition coefficient (Wildman–Crippen LogP) is 3.25. The molecule has 0 fully saturated rings. The number of methoxy groups -OCH3 is 1. The van der Waals surface area contributed by atoms with E-state index in [2.05, 4.69) is 4.98 Å². The quantitative estimate of drug-likeness (QED) is 0.690. The first-order chi connectivity index (χ1) is 11.2. The standard InChI is InChI=1S/C17H16N2O3S/c1-3-13(17(21)22-2)19-10-18-15-12(16(19)20)9-14(23-15)11-7-5-4-6-8-11/h4-10,13H,3H2,1-2H3/t13-/m0/s1. The van der Waals surface area contributed by atoms with Crippen LogP contribution in [0.2, 0.25) is 0 Å². The number of rotatable bonds is 4. The lowest BCUT2D eigenvalue weighted by Crippen LogP contribution is -2.30. The van der Waals surface area contributed by atoms with Crippen molar-refractivity contribution >= 4 is 27.5 Å². The molecular weight excluding hydrogens is 312 g/mol. The van der Waals surface area contributed by atoms with Crippen molar-refractivity contribution in [2.45, 2.75) is 19.4 Å². The van der Waals surface area contributed by atoms with Crippen LogP contribution >= 0.6 is 11.3 Å². The summed E-state index contributed by atoms with van der Waals surface area (Å²) in [6, 6.07) is 11.0. The number of benzene rings is 1.